The lowest BCUT2D eigenvalue weighted by molar-refractivity contribution is -0.145. The summed E-state index contributed by atoms with van der Waals surface area (Å²) in [6, 6.07) is 9.58. The van der Waals surface area contributed by atoms with Crippen LogP contribution in [0.4, 0.5) is 5.82 Å². The van der Waals surface area contributed by atoms with Gasteiger partial charge >= 0.3 is 0 Å². The van der Waals surface area contributed by atoms with Crippen LogP contribution in [0, 0.1) is 6.92 Å². The summed E-state index contributed by atoms with van der Waals surface area (Å²) in [6.07, 6.45) is 6.61. The van der Waals surface area contributed by atoms with Gasteiger partial charge in [-0.25, -0.2) is 9.97 Å². The van der Waals surface area contributed by atoms with E-state index < -0.39 is 17.6 Å². The Morgan fingerprint density at radius 3 is 2.71 bits per heavy atom. The second kappa shape index (κ2) is 11.2. The molecule has 0 spiro atoms. The van der Waals surface area contributed by atoms with E-state index >= 15 is 0 Å². The number of primary amides is 1. The molecule has 10 nitrogen and oxygen atoms in total. The summed E-state index contributed by atoms with van der Waals surface area (Å²) in [5.74, 6) is 0.573. The number of rotatable bonds is 9. The topological polar surface area (TPSA) is 119 Å². The van der Waals surface area contributed by atoms with E-state index in [-0.39, 0.29) is 18.7 Å². The highest BCUT2D eigenvalue weighted by molar-refractivity contribution is 6.30. The summed E-state index contributed by atoms with van der Waals surface area (Å²) >= 11 is 6.07. The zero-order valence-corrected chi connectivity index (χ0v) is 22.2. The molecule has 2 aromatic heterocycles. The molecule has 5 rings (SSSR count). The number of amides is 1. The molecule has 0 bridgehead atoms. The maximum Gasteiger partial charge on any atom is 0.237 e. The van der Waals surface area contributed by atoms with Crippen LogP contribution in [-0.2, 0) is 20.7 Å². The predicted octanol–water partition coefficient (Wildman–Crippen LogP) is 2.35. The zero-order chi connectivity index (χ0) is 26.7. The van der Waals surface area contributed by atoms with Gasteiger partial charge in [-0.15, -0.1) is 0 Å². The summed E-state index contributed by atoms with van der Waals surface area (Å²) < 4.78 is 7.57. The molecule has 0 saturated carbocycles. The van der Waals surface area contributed by atoms with E-state index in [9.17, 15) is 9.59 Å². The van der Waals surface area contributed by atoms with Crippen LogP contribution >= 0.6 is 11.6 Å². The van der Waals surface area contributed by atoms with Crippen LogP contribution in [0.1, 0.15) is 30.5 Å². The number of carbonyl (C=O) groups excluding carboxylic acids is 2. The van der Waals surface area contributed by atoms with Gasteiger partial charge in [0.25, 0.3) is 0 Å². The first-order valence-corrected chi connectivity index (χ1v) is 13.2. The Labute approximate surface area is 226 Å². The molecule has 200 valence electrons. The van der Waals surface area contributed by atoms with Gasteiger partial charge in [0, 0.05) is 62.0 Å². The number of imidazole rings is 1. The number of nitrogens with zero attached hydrogens (tertiary/aromatic N) is 6. The Morgan fingerprint density at radius 1 is 1.21 bits per heavy atom. The lowest BCUT2D eigenvalue weighted by Gasteiger charge is -2.50. The van der Waals surface area contributed by atoms with Gasteiger partial charge in [0.05, 0.1) is 6.42 Å². The van der Waals surface area contributed by atoms with Crippen LogP contribution in [0.2, 0.25) is 5.02 Å². The number of aryl methyl sites for hydroxylation is 1. The number of ketones is 1. The molecule has 1 aromatic carbocycles. The summed E-state index contributed by atoms with van der Waals surface area (Å²) in [6.45, 7) is 4.49. The molecule has 2 saturated heterocycles. The fraction of sp³-hybridized carbons (Fsp3) is 0.444. The first-order valence-electron chi connectivity index (χ1n) is 12.9. The first-order chi connectivity index (χ1) is 18.3. The van der Waals surface area contributed by atoms with E-state index in [0.717, 1.165) is 17.7 Å². The van der Waals surface area contributed by atoms with Crippen LogP contribution in [0.5, 0.6) is 0 Å². The van der Waals surface area contributed by atoms with Gasteiger partial charge in [-0.2, -0.15) is 4.98 Å². The number of hydrogen-bond donors (Lipinski definition) is 1. The second-order valence-electron chi connectivity index (χ2n) is 9.96. The van der Waals surface area contributed by atoms with E-state index in [1.807, 2.05) is 37.3 Å². The average molecular weight is 538 g/mol. The van der Waals surface area contributed by atoms with Crippen LogP contribution in [0.25, 0.3) is 5.95 Å². The Morgan fingerprint density at radius 2 is 2.03 bits per heavy atom. The van der Waals surface area contributed by atoms with Crippen LogP contribution < -0.4 is 10.6 Å². The zero-order valence-electron chi connectivity index (χ0n) is 21.4. The van der Waals surface area contributed by atoms with Crippen molar-refractivity contribution in [1.82, 2.24) is 24.4 Å². The molecule has 11 heteroatoms. The number of anilines is 1. The highest BCUT2D eigenvalue weighted by atomic mass is 35.5. The number of aromatic nitrogens is 4. The molecule has 1 amide bonds. The minimum absolute atomic E-state index is 0.0878. The monoisotopic (exact) mass is 537 g/mol. The molecule has 2 N–H and O–H groups in total. The first kappa shape index (κ1) is 26.3. The van der Waals surface area contributed by atoms with Gasteiger partial charge in [-0.1, -0.05) is 23.7 Å². The third-order valence-electron chi connectivity index (χ3n) is 7.32. The van der Waals surface area contributed by atoms with Crippen molar-refractivity contribution in [2.24, 2.45) is 5.73 Å². The molecule has 3 aromatic rings. The summed E-state index contributed by atoms with van der Waals surface area (Å²) in [5, 5.41) is 0.675. The SMILES string of the molecule is Cc1cc(N2CCN(CCc3ccc(Cl)cc3)C(CC(N)=O)(C(=O)C3CCCO3)C2)nc(-n2ccnc2)n1. The molecule has 0 radical (unpaired) electrons. The van der Waals surface area contributed by atoms with Crippen LogP contribution in [0.3, 0.4) is 0 Å². The highest BCUT2D eigenvalue weighted by Gasteiger charge is 2.51. The molecule has 4 heterocycles. The normalized spacial score (nSPS) is 22.1. The lowest BCUT2D eigenvalue weighted by atomic mass is 9.81. The van der Waals surface area contributed by atoms with E-state index in [1.165, 1.54) is 0 Å². The fourth-order valence-corrected chi connectivity index (χ4v) is 5.57. The molecule has 2 atom stereocenters. The predicted molar refractivity (Wildman–Crippen MR) is 143 cm³/mol. The Bertz CT molecular complexity index is 1280. The highest BCUT2D eigenvalue weighted by Crippen LogP contribution is 2.33. The minimum atomic E-state index is -1.14. The van der Waals surface area contributed by atoms with Gasteiger partial charge in [0.15, 0.2) is 5.78 Å². The molecule has 2 aliphatic rings. The number of nitrogens with two attached hydrogens (primary N) is 1. The fourth-order valence-electron chi connectivity index (χ4n) is 5.44. The maximum absolute atomic E-state index is 14.2. The Balaban J connectivity index is 1.49. The van der Waals surface area contributed by atoms with Crippen LogP contribution in [0.15, 0.2) is 49.1 Å². The Hall–Kier alpha value is -3.34. The number of benzene rings is 1. The van der Waals surface area contributed by atoms with Gasteiger partial charge in [0.1, 0.15) is 23.8 Å². The van der Waals surface area contributed by atoms with E-state index in [2.05, 4.69) is 19.8 Å². The molecule has 2 unspecified atom stereocenters. The molecule has 38 heavy (non-hydrogen) atoms. The quantitative estimate of drug-likeness (QED) is 0.442. The average Bonchev–Trinajstić information content (AvgIpc) is 3.63. The molecular formula is C27H32ClN7O3. The van der Waals surface area contributed by atoms with E-state index in [4.69, 9.17) is 27.1 Å². The molecule has 0 aliphatic carbocycles. The van der Waals surface area contributed by atoms with Crippen molar-refractivity contribution in [3.8, 4) is 5.95 Å². The van der Waals surface area contributed by atoms with Crippen molar-refractivity contribution < 1.29 is 14.3 Å². The van der Waals surface area contributed by atoms with Crippen LogP contribution in [-0.4, -0.2) is 80.5 Å². The Kier molecular flexibility index (Phi) is 7.73. The van der Waals surface area contributed by atoms with Crippen molar-refractivity contribution in [3.63, 3.8) is 0 Å². The third-order valence-corrected chi connectivity index (χ3v) is 7.57. The number of carbonyl (C=O) groups is 2. The number of halogens is 1. The number of piperazine rings is 1. The molecular weight excluding hydrogens is 506 g/mol. The van der Waals surface area contributed by atoms with E-state index in [1.54, 1.807) is 23.3 Å². The van der Waals surface area contributed by atoms with Crippen molar-refractivity contribution >= 4 is 29.1 Å². The number of Topliss-reactive ketones (excluding diaryl/α,β-unsaturated/α-hetero) is 1. The van der Waals surface area contributed by atoms with E-state index in [0.29, 0.717) is 55.9 Å². The minimum Gasteiger partial charge on any atom is -0.370 e. The second-order valence-corrected chi connectivity index (χ2v) is 10.4. The standard InChI is InChI=1S/C27H32ClN7O3/c1-19-15-24(32-26(31-19)34-11-9-30-18-34)33-12-13-35(10-8-20-4-6-21(28)7-5-20)27(17-33,16-23(29)36)25(37)22-3-2-14-38-22/h4-7,9,11,15,18,22H,2-3,8,10,12-14,16-17H2,1H3,(H2,29,36). The maximum atomic E-state index is 14.2. The van der Waals surface area contributed by atoms with Crippen molar-refractivity contribution in [2.45, 2.75) is 44.2 Å². The van der Waals surface area contributed by atoms with Gasteiger partial charge in [-0.05, 0) is 43.9 Å². The third kappa shape index (κ3) is 5.57. The van der Waals surface area contributed by atoms with Gasteiger partial charge in [-0.3, -0.25) is 19.1 Å². The summed E-state index contributed by atoms with van der Waals surface area (Å²) in [7, 11) is 0. The number of ether oxygens (including phenoxy) is 1. The molecule has 2 aliphatic heterocycles. The largest absolute Gasteiger partial charge is 0.370 e. The summed E-state index contributed by atoms with van der Waals surface area (Å²) in [5.41, 5.74) is 6.55. The van der Waals surface area contributed by atoms with Crippen molar-refractivity contribution in [3.05, 3.63) is 65.3 Å². The molecule has 2 fully saturated rings. The number of hydrogen-bond acceptors (Lipinski definition) is 8. The smallest absolute Gasteiger partial charge is 0.237 e. The summed E-state index contributed by atoms with van der Waals surface area (Å²) in [4.78, 5) is 44.2. The van der Waals surface area contributed by atoms with Crippen molar-refractivity contribution in [1.29, 1.82) is 0 Å². The van der Waals surface area contributed by atoms with Gasteiger partial charge in [0.2, 0.25) is 11.9 Å². The lowest BCUT2D eigenvalue weighted by Crippen LogP contribution is -2.69. The van der Waals surface area contributed by atoms with Gasteiger partial charge < -0.3 is 15.4 Å². The van der Waals surface area contributed by atoms with Crippen molar-refractivity contribution in [2.75, 3.05) is 37.7 Å².